The standard InChI is InChI=1S/C14H12F2/c1-9-3-5-12(10(2)7-9)13-6-4-11(15)8-14(13)16/h3-8H,1-2H3. The van der Waals surface area contributed by atoms with E-state index in [9.17, 15) is 8.78 Å². The lowest BCUT2D eigenvalue weighted by molar-refractivity contribution is 0.585. The average Bonchev–Trinajstić information content (AvgIpc) is 2.19. The van der Waals surface area contributed by atoms with E-state index >= 15 is 0 Å². The van der Waals surface area contributed by atoms with Gasteiger partial charge in [-0.15, -0.1) is 0 Å². The van der Waals surface area contributed by atoms with Crippen molar-refractivity contribution >= 4 is 0 Å². The van der Waals surface area contributed by atoms with Crippen LogP contribution in [0.5, 0.6) is 0 Å². The largest absolute Gasteiger partial charge is 0.207 e. The maximum Gasteiger partial charge on any atom is 0.133 e. The minimum atomic E-state index is -0.550. The summed E-state index contributed by atoms with van der Waals surface area (Å²) in [6, 6.07) is 9.43. The monoisotopic (exact) mass is 218 g/mol. The SMILES string of the molecule is Cc1ccc(-c2ccc(F)cc2F)c(C)c1. The van der Waals surface area contributed by atoms with Crippen LogP contribution < -0.4 is 0 Å². The summed E-state index contributed by atoms with van der Waals surface area (Å²) in [6.45, 7) is 3.91. The van der Waals surface area contributed by atoms with Crippen LogP contribution in [-0.4, -0.2) is 0 Å². The maximum absolute atomic E-state index is 13.6. The lowest BCUT2D eigenvalue weighted by atomic mass is 9.98. The molecule has 0 saturated carbocycles. The van der Waals surface area contributed by atoms with Gasteiger partial charge >= 0.3 is 0 Å². The van der Waals surface area contributed by atoms with Crippen LogP contribution >= 0.6 is 0 Å². The van der Waals surface area contributed by atoms with Crippen molar-refractivity contribution in [3.8, 4) is 11.1 Å². The molecule has 2 aromatic rings. The average molecular weight is 218 g/mol. The summed E-state index contributed by atoms with van der Waals surface area (Å²) in [5, 5.41) is 0. The van der Waals surface area contributed by atoms with E-state index in [-0.39, 0.29) is 0 Å². The van der Waals surface area contributed by atoms with Gasteiger partial charge in [-0.05, 0) is 37.1 Å². The van der Waals surface area contributed by atoms with Crippen LogP contribution in [0.2, 0.25) is 0 Å². The van der Waals surface area contributed by atoms with Crippen molar-refractivity contribution < 1.29 is 8.78 Å². The van der Waals surface area contributed by atoms with E-state index in [0.29, 0.717) is 5.56 Å². The van der Waals surface area contributed by atoms with E-state index < -0.39 is 11.6 Å². The second-order valence-electron chi connectivity index (χ2n) is 3.94. The van der Waals surface area contributed by atoms with Crippen molar-refractivity contribution in [2.75, 3.05) is 0 Å². The van der Waals surface area contributed by atoms with Crippen LogP contribution in [0.3, 0.4) is 0 Å². The molecule has 0 aliphatic carbocycles. The second-order valence-corrected chi connectivity index (χ2v) is 3.94. The minimum absolute atomic E-state index is 0.443. The van der Waals surface area contributed by atoms with E-state index in [1.165, 1.54) is 12.1 Å². The molecule has 0 aromatic heterocycles. The molecular formula is C14H12F2. The lowest BCUT2D eigenvalue weighted by Crippen LogP contribution is -1.89. The van der Waals surface area contributed by atoms with Gasteiger partial charge in [0.1, 0.15) is 11.6 Å². The Bertz CT molecular complexity index is 481. The molecule has 0 saturated heterocycles. The Morgan fingerprint density at radius 3 is 2.12 bits per heavy atom. The molecule has 0 fully saturated rings. The minimum Gasteiger partial charge on any atom is -0.207 e. The first kappa shape index (κ1) is 10.8. The van der Waals surface area contributed by atoms with Gasteiger partial charge in [0.05, 0.1) is 0 Å². The van der Waals surface area contributed by atoms with Crippen LogP contribution in [0.1, 0.15) is 11.1 Å². The molecule has 0 aliphatic heterocycles. The summed E-state index contributed by atoms with van der Waals surface area (Å²) in [7, 11) is 0. The highest BCUT2D eigenvalue weighted by Crippen LogP contribution is 2.27. The highest BCUT2D eigenvalue weighted by Gasteiger charge is 2.08. The maximum atomic E-state index is 13.6. The molecule has 2 rings (SSSR count). The third-order valence-electron chi connectivity index (χ3n) is 2.60. The number of hydrogen-bond acceptors (Lipinski definition) is 0. The second kappa shape index (κ2) is 4.05. The molecule has 0 nitrogen and oxygen atoms in total. The van der Waals surface area contributed by atoms with Crippen LogP contribution in [0.15, 0.2) is 36.4 Å². The van der Waals surface area contributed by atoms with E-state index in [1.54, 1.807) is 0 Å². The van der Waals surface area contributed by atoms with Crippen molar-refractivity contribution in [1.82, 2.24) is 0 Å². The molecule has 0 aliphatic rings. The van der Waals surface area contributed by atoms with Crippen molar-refractivity contribution in [3.63, 3.8) is 0 Å². The topological polar surface area (TPSA) is 0 Å². The van der Waals surface area contributed by atoms with Crippen LogP contribution in [-0.2, 0) is 0 Å². The summed E-state index contributed by atoms with van der Waals surface area (Å²) in [6.07, 6.45) is 0. The lowest BCUT2D eigenvalue weighted by Gasteiger charge is -2.08. The van der Waals surface area contributed by atoms with E-state index in [2.05, 4.69) is 0 Å². The molecular weight excluding hydrogens is 206 g/mol. The van der Waals surface area contributed by atoms with E-state index in [4.69, 9.17) is 0 Å². The summed E-state index contributed by atoms with van der Waals surface area (Å²) in [4.78, 5) is 0. The van der Waals surface area contributed by atoms with E-state index in [0.717, 1.165) is 22.8 Å². The third kappa shape index (κ3) is 1.96. The fraction of sp³-hybridized carbons (Fsp3) is 0.143. The van der Waals surface area contributed by atoms with E-state index in [1.807, 2.05) is 32.0 Å². The zero-order chi connectivity index (χ0) is 11.7. The van der Waals surface area contributed by atoms with Gasteiger partial charge in [-0.25, -0.2) is 8.78 Å². The normalized spacial score (nSPS) is 10.5. The summed E-state index contributed by atoms with van der Waals surface area (Å²) < 4.78 is 26.4. The van der Waals surface area contributed by atoms with Crippen LogP contribution in [0, 0.1) is 25.5 Å². The van der Waals surface area contributed by atoms with Crippen molar-refractivity contribution in [2.24, 2.45) is 0 Å². The Kier molecular flexibility index (Phi) is 2.73. The predicted octanol–water partition coefficient (Wildman–Crippen LogP) is 4.25. The van der Waals surface area contributed by atoms with Crippen molar-refractivity contribution in [2.45, 2.75) is 13.8 Å². The van der Waals surface area contributed by atoms with Gasteiger partial charge in [-0.3, -0.25) is 0 Å². The molecule has 0 spiro atoms. The zero-order valence-electron chi connectivity index (χ0n) is 9.22. The highest BCUT2D eigenvalue weighted by molar-refractivity contribution is 5.68. The van der Waals surface area contributed by atoms with Gasteiger partial charge in [-0.2, -0.15) is 0 Å². The Balaban J connectivity index is 2.59. The Hall–Kier alpha value is -1.70. The van der Waals surface area contributed by atoms with Gasteiger partial charge in [0.2, 0.25) is 0 Å². The number of benzene rings is 2. The molecule has 0 amide bonds. The van der Waals surface area contributed by atoms with Crippen molar-refractivity contribution in [3.05, 3.63) is 59.2 Å². The number of halogens is 2. The molecule has 0 radical (unpaired) electrons. The quantitative estimate of drug-likeness (QED) is 0.671. The number of aryl methyl sites for hydroxylation is 2. The first-order valence-electron chi connectivity index (χ1n) is 5.10. The molecule has 16 heavy (non-hydrogen) atoms. The molecule has 82 valence electrons. The van der Waals surface area contributed by atoms with Crippen molar-refractivity contribution in [1.29, 1.82) is 0 Å². The fourth-order valence-electron chi connectivity index (χ4n) is 1.82. The number of hydrogen-bond donors (Lipinski definition) is 0. The molecule has 2 heteroatoms. The molecule has 0 unspecified atom stereocenters. The summed E-state index contributed by atoms with van der Waals surface area (Å²) in [5.41, 5.74) is 3.37. The highest BCUT2D eigenvalue weighted by atomic mass is 19.1. The fourth-order valence-corrected chi connectivity index (χ4v) is 1.82. The molecule has 0 bridgehead atoms. The molecule has 2 aromatic carbocycles. The Morgan fingerprint density at radius 2 is 1.50 bits per heavy atom. The Labute approximate surface area is 93.5 Å². The zero-order valence-corrected chi connectivity index (χ0v) is 9.22. The van der Waals surface area contributed by atoms with Gasteiger partial charge in [-0.1, -0.05) is 23.8 Å². The third-order valence-corrected chi connectivity index (χ3v) is 2.60. The smallest absolute Gasteiger partial charge is 0.133 e. The predicted molar refractivity (Wildman–Crippen MR) is 61.3 cm³/mol. The van der Waals surface area contributed by atoms with Crippen LogP contribution in [0.25, 0.3) is 11.1 Å². The van der Waals surface area contributed by atoms with Gasteiger partial charge in [0.25, 0.3) is 0 Å². The Morgan fingerprint density at radius 1 is 0.812 bits per heavy atom. The van der Waals surface area contributed by atoms with Crippen LogP contribution in [0.4, 0.5) is 8.78 Å². The number of rotatable bonds is 1. The van der Waals surface area contributed by atoms with Gasteiger partial charge in [0.15, 0.2) is 0 Å². The first-order valence-corrected chi connectivity index (χ1v) is 5.10. The molecule has 0 atom stereocenters. The summed E-state index contributed by atoms with van der Waals surface area (Å²) >= 11 is 0. The summed E-state index contributed by atoms with van der Waals surface area (Å²) in [5.74, 6) is -1.07. The van der Waals surface area contributed by atoms with Gasteiger partial charge in [0, 0.05) is 11.6 Å². The molecule has 0 N–H and O–H groups in total. The first-order chi connectivity index (χ1) is 7.58. The molecule has 0 heterocycles. The van der Waals surface area contributed by atoms with Gasteiger partial charge < -0.3 is 0 Å².